The Kier molecular flexibility index (Phi) is 8.18. The van der Waals surface area contributed by atoms with E-state index in [4.69, 9.17) is 4.74 Å². The van der Waals surface area contributed by atoms with Gasteiger partial charge in [-0.15, -0.1) is 12.4 Å². The second-order valence-electron chi connectivity index (χ2n) is 5.33. The van der Waals surface area contributed by atoms with Crippen molar-refractivity contribution in [2.45, 2.75) is 12.8 Å². The van der Waals surface area contributed by atoms with Crippen molar-refractivity contribution in [3.63, 3.8) is 0 Å². The van der Waals surface area contributed by atoms with Gasteiger partial charge in [0.25, 0.3) is 0 Å². The highest BCUT2D eigenvalue weighted by atomic mass is 35.5. The number of methoxy groups -OCH3 is 1. The van der Waals surface area contributed by atoms with Crippen LogP contribution in [-0.2, 0) is 4.74 Å². The average Bonchev–Trinajstić information content (AvgIpc) is 2.39. The molecule has 1 N–H and O–H groups in total. The van der Waals surface area contributed by atoms with Gasteiger partial charge in [-0.2, -0.15) is 0 Å². The molecule has 2 heterocycles. The summed E-state index contributed by atoms with van der Waals surface area (Å²) >= 11 is 0. The van der Waals surface area contributed by atoms with E-state index in [1.807, 2.05) is 0 Å². The van der Waals surface area contributed by atoms with E-state index in [0.717, 1.165) is 19.1 Å². The van der Waals surface area contributed by atoms with Gasteiger partial charge in [-0.05, 0) is 31.8 Å². The van der Waals surface area contributed by atoms with E-state index in [0.29, 0.717) is 0 Å². The van der Waals surface area contributed by atoms with Crippen molar-refractivity contribution < 1.29 is 4.74 Å². The van der Waals surface area contributed by atoms with Crippen LogP contribution >= 0.6 is 12.4 Å². The fourth-order valence-electron chi connectivity index (χ4n) is 2.85. The molecule has 2 fully saturated rings. The van der Waals surface area contributed by atoms with Crippen molar-refractivity contribution in [1.82, 2.24) is 15.1 Å². The number of piperidine rings is 1. The summed E-state index contributed by atoms with van der Waals surface area (Å²) < 4.78 is 5.13. The SMILES string of the molecule is COCCN1CCN(CC2CCNCC2)CC1.Cl. The second-order valence-corrected chi connectivity index (χ2v) is 5.33. The Bertz CT molecular complexity index is 204. The number of hydrogen-bond donors (Lipinski definition) is 1. The molecule has 0 aromatic heterocycles. The summed E-state index contributed by atoms with van der Waals surface area (Å²) in [7, 11) is 1.79. The van der Waals surface area contributed by atoms with Gasteiger partial charge in [-0.3, -0.25) is 4.90 Å². The minimum atomic E-state index is 0. The van der Waals surface area contributed by atoms with E-state index in [9.17, 15) is 0 Å². The summed E-state index contributed by atoms with van der Waals surface area (Å²) in [5, 5.41) is 3.44. The normalized spacial score (nSPS) is 23.8. The van der Waals surface area contributed by atoms with Crippen LogP contribution in [0.15, 0.2) is 0 Å². The molecule has 0 amide bonds. The third-order valence-corrected chi connectivity index (χ3v) is 4.05. The Morgan fingerprint density at radius 3 is 2.28 bits per heavy atom. The topological polar surface area (TPSA) is 27.7 Å². The molecule has 0 aliphatic carbocycles. The third kappa shape index (κ3) is 5.41. The molecule has 18 heavy (non-hydrogen) atoms. The lowest BCUT2D eigenvalue weighted by atomic mass is 9.97. The van der Waals surface area contributed by atoms with Crippen LogP contribution in [0.2, 0.25) is 0 Å². The van der Waals surface area contributed by atoms with E-state index in [1.165, 1.54) is 58.7 Å². The number of nitrogens with one attached hydrogen (secondary N) is 1. The zero-order chi connectivity index (χ0) is 11.9. The highest BCUT2D eigenvalue weighted by Gasteiger charge is 2.20. The summed E-state index contributed by atoms with van der Waals surface area (Å²) in [5.41, 5.74) is 0. The van der Waals surface area contributed by atoms with Crippen molar-refractivity contribution in [3.8, 4) is 0 Å². The maximum absolute atomic E-state index is 5.13. The van der Waals surface area contributed by atoms with Gasteiger partial charge in [0, 0.05) is 46.4 Å². The molecule has 0 bridgehead atoms. The van der Waals surface area contributed by atoms with Gasteiger partial charge in [0.1, 0.15) is 0 Å². The van der Waals surface area contributed by atoms with E-state index in [2.05, 4.69) is 15.1 Å². The van der Waals surface area contributed by atoms with Crippen molar-refractivity contribution in [1.29, 1.82) is 0 Å². The van der Waals surface area contributed by atoms with E-state index < -0.39 is 0 Å². The molecule has 2 aliphatic rings. The van der Waals surface area contributed by atoms with Crippen molar-refractivity contribution in [2.75, 3.05) is 66.1 Å². The lowest BCUT2D eigenvalue weighted by Crippen LogP contribution is -2.49. The lowest BCUT2D eigenvalue weighted by Gasteiger charge is -2.37. The molecule has 2 saturated heterocycles. The minimum Gasteiger partial charge on any atom is -0.383 e. The summed E-state index contributed by atoms with van der Waals surface area (Å²) in [6, 6.07) is 0. The Morgan fingerprint density at radius 1 is 1.06 bits per heavy atom. The van der Waals surface area contributed by atoms with Crippen LogP contribution in [0.1, 0.15) is 12.8 Å². The molecule has 0 saturated carbocycles. The van der Waals surface area contributed by atoms with Gasteiger partial charge < -0.3 is 15.0 Å². The number of ether oxygens (including phenoxy) is 1. The van der Waals surface area contributed by atoms with Gasteiger partial charge >= 0.3 is 0 Å². The first-order chi connectivity index (χ1) is 8.38. The fourth-order valence-corrected chi connectivity index (χ4v) is 2.85. The number of hydrogen-bond acceptors (Lipinski definition) is 4. The summed E-state index contributed by atoms with van der Waals surface area (Å²) in [5.74, 6) is 0.932. The minimum absolute atomic E-state index is 0. The molecule has 4 nitrogen and oxygen atoms in total. The zero-order valence-electron chi connectivity index (χ0n) is 11.6. The lowest BCUT2D eigenvalue weighted by molar-refractivity contribution is 0.0856. The molecule has 108 valence electrons. The molecule has 0 aromatic carbocycles. The van der Waals surface area contributed by atoms with E-state index >= 15 is 0 Å². The fraction of sp³-hybridized carbons (Fsp3) is 1.00. The maximum Gasteiger partial charge on any atom is 0.0589 e. The predicted octanol–water partition coefficient (Wildman–Crippen LogP) is 0.672. The number of halogens is 1. The highest BCUT2D eigenvalue weighted by molar-refractivity contribution is 5.85. The molecule has 0 atom stereocenters. The van der Waals surface area contributed by atoms with Gasteiger partial charge in [0.15, 0.2) is 0 Å². The average molecular weight is 278 g/mol. The first-order valence-corrected chi connectivity index (χ1v) is 7.03. The third-order valence-electron chi connectivity index (χ3n) is 4.05. The standard InChI is InChI=1S/C13H27N3O.ClH/c1-17-11-10-15-6-8-16(9-7-15)12-13-2-4-14-5-3-13;/h13-14H,2-12H2,1H3;1H. The molecule has 0 aromatic rings. The summed E-state index contributed by atoms with van der Waals surface area (Å²) in [6.07, 6.45) is 2.73. The Balaban J connectivity index is 0.00000162. The van der Waals surface area contributed by atoms with Crippen LogP contribution < -0.4 is 5.32 Å². The number of nitrogens with zero attached hydrogens (tertiary/aromatic N) is 2. The van der Waals surface area contributed by atoms with Gasteiger partial charge in [0.05, 0.1) is 6.61 Å². The van der Waals surface area contributed by atoms with Crippen LogP contribution in [0.3, 0.4) is 0 Å². The smallest absolute Gasteiger partial charge is 0.0589 e. The van der Waals surface area contributed by atoms with Crippen molar-refractivity contribution >= 4 is 12.4 Å². The molecular formula is C13H28ClN3O. The Hall–Kier alpha value is 0.130. The van der Waals surface area contributed by atoms with E-state index in [1.54, 1.807) is 7.11 Å². The molecule has 0 unspecified atom stereocenters. The van der Waals surface area contributed by atoms with Crippen molar-refractivity contribution in [3.05, 3.63) is 0 Å². The van der Waals surface area contributed by atoms with E-state index in [-0.39, 0.29) is 12.4 Å². The van der Waals surface area contributed by atoms with Gasteiger partial charge in [-0.25, -0.2) is 0 Å². The monoisotopic (exact) mass is 277 g/mol. The molecule has 2 aliphatic heterocycles. The quantitative estimate of drug-likeness (QED) is 0.800. The number of rotatable bonds is 5. The molecule has 5 heteroatoms. The first kappa shape index (κ1) is 16.2. The number of piperazine rings is 1. The van der Waals surface area contributed by atoms with Crippen LogP contribution in [0.25, 0.3) is 0 Å². The Morgan fingerprint density at radius 2 is 1.67 bits per heavy atom. The zero-order valence-corrected chi connectivity index (χ0v) is 12.4. The van der Waals surface area contributed by atoms with Crippen molar-refractivity contribution in [2.24, 2.45) is 5.92 Å². The van der Waals surface area contributed by atoms with Crippen LogP contribution in [-0.4, -0.2) is 75.9 Å². The molecular weight excluding hydrogens is 250 g/mol. The summed E-state index contributed by atoms with van der Waals surface area (Å²) in [6.45, 7) is 10.6. The summed E-state index contributed by atoms with van der Waals surface area (Å²) in [4.78, 5) is 5.17. The highest BCUT2D eigenvalue weighted by Crippen LogP contribution is 2.14. The second kappa shape index (κ2) is 9.10. The maximum atomic E-state index is 5.13. The van der Waals surface area contributed by atoms with Gasteiger partial charge in [0.2, 0.25) is 0 Å². The van der Waals surface area contributed by atoms with Crippen LogP contribution in [0.4, 0.5) is 0 Å². The van der Waals surface area contributed by atoms with Crippen LogP contribution in [0.5, 0.6) is 0 Å². The molecule has 0 radical (unpaired) electrons. The molecule has 0 spiro atoms. The Labute approximate surface area is 117 Å². The predicted molar refractivity (Wildman–Crippen MR) is 77.6 cm³/mol. The molecule has 2 rings (SSSR count). The van der Waals surface area contributed by atoms with Gasteiger partial charge in [-0.1, -0.05) is 0 Å². The first-order valence-electron chi connectivity index (χ1n) is 7.03. The largest absolute Gasteiger partial charge is 0.383 e. The van der Waals surface area contributed by atoms with Crippen LogP contribution in [0, 0.1) is 5.92 Å².